The highest BCUT2D eigenvalue weighted by Crippen LogP contribution is 2.31. The second kappa shape index (κ2) is 13.7. The highest BCUT2D eigenvalue weighted by atomic mass is 16.5. The molecule has 0 spiro atoms. The third kappa shape index (κ3) is 7.63. The highest BCUT2D eigenvalue weighted by molar-refractivity contribution is 5.78. The Bertz CT molecular complexity index is 1100. The van der Waals surface area contributed by atoms with Crippen LogP contribution in [0.25, 0.3) is 10.9 Å². The van der Waals surface area contributed by atoms with Crippen LogP contribution in [0.3, 0.4) is 0 Å². The zero-order valence-corrected chi connectivity index (χ0v) is 24.4. The van der Waals surface area contributed by atoms with Crippen LogP contribution in [0.1, 0.15) is 57.2 Å². The van der Waals surface area contributed by atoms with Crippen molar-refractivity contribution in [3.8, 4) is 0 Å². The SMILES string of the molecule is CC1C(c2ccccc2)CCN1C.CC1CC(OCc2ccc3ccccc3n2)CN1C.CC1CCN1C. The van der Waals surface area contributed by atoms with Gasteiger partial charge in [0.25, 0.3) is 0 Å². The molecule has 6 rings (SSSR count). The predicted octanol–water partition coefficient (Wildman–Crippen LogP) is 6.05. The molecule has 0 N–H and O–H groups in total. The van der Waals surface area contributed by atoms with Crippen LogP contribution in [-0.4, -0.2) is 84.7 Å². The molecule has 4 heterocycles. The molecule has 5 heteroatoms. The Labute approximate surface area is 230 Å². The van der Waals surface area contributed by atoms with Gasteiger partial charge in [-0.15, -0.1) is 0 Å². The standard InChI is InChI=1S/C16H20N2O.C12H17N.C5H11N/c1-12-9-15(10-18(12)2)19-11-14-8-7-13-5-3-4-6-16(13)17-14;1-10-12(8-9-13(10)2)11-6-4-3-5-7-11;1-5-3-4-6(5)2/h3-8,12,15H,9-11H2,1-2H3;3-7,10,12H,8-9H2,1-2H3;5H,3-4H2,1-2H3. The molecule has 5 unspecified atom stereocenters. The van der Waals surface area contributed by atoms with Gasteiger partial charge in [-0.2, -0.15) is 0 Å². The van der Waals surface area contributed by atoms with Gasteiger partial charge in [0, 0.05) is 36.0 Å². The zero-order chi connectivity index (χ0) is 27.1. The van der Waals surface area contributed by atoms with E-state index in [0.717, 1.165) is 36.1 Å². The van der Waals surface area contributed by atoms with E-state index in [4.69, 9.17) is 4.74 Å². The van der Waals surface area contributed by atoms with Gasteiger partial charge in [-0.25, -0.2) is 0 Å². The molecule has 3 aliphatic heterocycles. The summed E-state index contributed by atoms with van der Waals surface area (Å²) in [6.07, 6.45) is 4.16. The molecule has 5 atom stereocenters. The largest absolute Gasteiger partial charge is 0.371 e. The summed E-state index contributed by atoms with van der Waals surface area (Å²) in [6, 6.07) is 25.4. The predicted molar refractivity (Wildman–Crippen MR) is 160 cm³/mol. The molecule has 3 aliphatic rings. The van der Waals surface area contributed by atoms with Crippen LogP contribution in [0.15, 0.2) is 66.7 Å². The second-order valence-corrected chi connectivity index (χ2v) is 11.6. The molecule has 0 amide bonds. The van der Waals surface area contributed by atoms with Gasteiger partial charge in [-0.05, 0) is 92.0 Å². The van der Waals surface area contributed by atoms with Crippen molar-refractivity contribution in [2.45, 2.75) is 76.8 Å². The summed E-state index contributed by atoms with van der Waals surface area (Å²) in [4.78, 5) is 11.8. The Balaban J connectivity index is 0.000000152. The molecule has 0 saturated carbocycles. The summed E-state index contributed by atoms with van der Waals surface area (Å²) < 4.78 is 5.97. The van der Waals surface area contributed by atoms with Crippen molar-refractivity contribution in [3.63, 3.8) is 0 Å². The van der Waals surface area contributed by atoms with Crippen molar-refractivity contribution >= 4 is 10.9 Å². The van der Waals surface area contributed by atoms with Gasteiger partial charge < -0.3 is 19.4 Å². The first-order valence-corrected chi connectivity index (χ1v) is 14.4. The summed E-state index contributed by atoms with van der Waals surface area (Å²) >= 11 is 0. The van der Waals surface area contributed by atoms with Gasteiger partial charge in [0.15, 0.2) is 0 Å². The minimum Gasteiger partial charge on any atom is -0.371 e. The van der Waals surface area contributed by atoms with E-state index in [2.05, 4.69) is 110 Å². The Morgan fingerprint density at radius 3 is 2.03 bits per heavy atom. The Morgan fingerprint density at radius 2 is 1.45 bits per heavy atom. The van der Waals surface area contributed by atoms with Crippen molar-refractivity contribution in [2.24, 2.45) is 0 Å². The summed E-state index contributed by atoms with van der Waals surface area (Å²) in [5, 5.41) is 1.18. The third-order valence-corrected chi connectivity index (χ3v) is 8.92. The molecule has 0 bridgehead atoms. The zero-order valence-electron chi connectivity index (χ0n) is 24.4. The number of pyridine rings is 1. The normalized spacial score (nSPS) is 27.8. The lowest BCUT2D eigenvalue weighted by molar-refractivity contribution is 0.0464. The molecule has 3 fully saturated rings. The smallest absolute Gasteiger partial charge is 0.0892 e. The molecule has 206 valence electrons. The number of likely N-dealkylation sites (N-methyl/N-ethyl adjacent to an activating group) is 2. The van der Waals surface area contributed by atoms with Crippen LogP contribution in [-0.2, 0) is 11.3 Å². The maximum absolute atomic E-state index is 5.97. The third-order valence-electron chi connectivity index (χ3n) is 8.92. The number of nitrogens with zero attached hydrogens (tertiary/aromatic N) is 4. The fraction of sp³-hybridized carbons (Fsp3) is 0.545. The Morgan fingerprint density at radius 1 is 0.763 bits per heavy atom. The van der Waals surface area contributed by atoms with Crippen LogP contribution >= 0.6 is 0 Å². The molecule has 0 aliphatic carbocycles. The number of fused-ring (bicyclic) bond motifs is 1. The monoisotopic (exact) mass is 516 g/mol. The van der Waals surface area contributed by atoms with E-state index in [9.17, 15) is 0 Å². The quantitative estimate of drug-likeness (QED) is 0.422. The van der Waals surface area contributed by atoms with Crippen molar-refractivity contribution in [1.29, 1.82) is 0 Å². The Kier molecular flexibility index (Phi) is 10.3. The number of ether oxygens (including phenoxy) is 1. The first kappa shape index (κ1) is 28.7. The molecule has 38 heavy (non-hydrogen) atoms. The van der Waals surface area contributed by atoms with Crippen LogP contribution in [0, 0.1) is 0 Å². The van der Waals surface area contributed by atoms with E-state index in [1.165, 1.54) is 36.9 Å². The summed E-state index contributed by atoms with van der Waals surface area (Å²) in [5.41, 5.74) is 3.56. The summed E-state index contributed by atoms with van der Waals surface area (Å²) in [5.74, 6) is 0.742. The van der Waals surface area contributed by atoms with Crippen molar-refractivity contribution in [1.82, 2.24) is 19.7 Å². The Hall–Kier alpha value is -2.31. The fourth-order valence-corrected chi connectivity index (χ4v) is 5.53. The highest BCUT2D eigenvalue weighted by Gasteiger charge is 2.29. The molecule has 3 aromatic rings. The lowest BCUT2D eigenvalue weighted by Gasteiger charge is -2.34. The molecule has 5 nitrogen and oxygen atoms in total. The van der Waals surface area contributed by atoms with Crippen LogP contribution in [0.5, 0.6) is 0 Å². The average molecular weight is 517 g/mol. The number of hydrogen-bond donors (Lipinski definition) is 0. The van der Waals surface area contributed by atoms with E-state index in [1.54, 1.807) is 0 Å². The number of aromatic nitrogens is 1. The van der Waals surface area contributed by atoms with Crippen molar-refractivity contribution < 1.29 is 4.74 Å². The molecule has 2 aromatic carbocycles. The minimum absolute atomic E-state index is 0.341. The summed E-state index contributed by atoms with van der Waals surface area (Å²) in [7, 11) is 6.53. The number of rotatable bonds is 4. The molecular weight excluding hydrogens is 468 g/mol. The van der Waals surface area contributed by atoms with Gasteiger partial charge in [-0.1, -0.05) is 54.6 Å². The number of likely N-dealkylation sites (tertiary alicyclic amines) is 3. The lowest BCUT2D eigenvalue weighted by atomic mass is 9.93. The number of benzene rings is 2. The molecule has 0 radical (unpaired) electrons. The molecule has 1 aromatic heterocycles. The van der Waals surface area contributed by atoms with Crippen LogP contribution in [0.2, 0.25) is 0 Å². The number of para-hydroxylation sites is 1. The first-order valence-electron chi connectivity index (χ1n) is 14.4. The van der Waals surface area contributed by atoms with Crippen LogP contribution in [0.4, 0.5) is 0 Å². The van der Waals surface area contributed by atoms with Gasteiger partial charge in [0.05, 0.1) is 23.9 Å². The van der Waals surface area contributed by atoms with E-state index in [1.807, 2.05) is 18.2 Å². The second-order valence-electron chi connectivity index (χ2n) is 11.6. The number of hydrogen-bond acceptors (Lipinski definition) is 5. The average Bonchev–Trinajstić information content (AvgIpc) is 3.46. The van der Waals surface area contributed by atoms with E-state index in [0.29, 0.717) is 24.8 Å². The van der Waals surface area contributed by atoms with Crippen molar-refractivity contribution in [2.75, 3.05) is 40.8 Å². The van der Waals surface area contributed by atoms with Gasteiger partial charge in [-0.3, -0.25) is 4.98 Å². The topological polar surface area (TPSA) is 31.8 Å². The maximum atomic E-state index is 5.97. The minimum atomic E-state index is 0.341. The van der Waals surface area contributed by atoms with Gasteiger partial charge >= 0.3 is 0 Å². The van der Waals surface area contributed by atoms with Crippen LogP contribution < -0.4 is 0 Å². The molecular formula is C33H48N4O. The maximum Gasteiger partial charge on any atom is 0.0892 e. The first-order chi connectivity index (χ1) is 18.3. The summed E-state index contributed by atoms with van der Waals surface area (Å²) in [6.45, 7) is 11.0. The van der Waals surface area contributed by atoms with Crippen molar-refractivity contribution in [3.05, 3.63) is 78.0 Å². The van der Waals surface area contributed by atoms with E-state index >= 15 is 0 Å². The van der Waals surface area contributed by atoms with E-state index in [-0.39, 0.29) is 0 Å². The lowest BCUT2D eigenvalue weighted by Crippen LogP contribution is -2.41. The van der Waals surface area contributed by atoms with Gasteiger partial charge in [0.2, 0.25) is 0 Å². The fourth-order valence-electron chi connectivity index (χ4n) is 5.53. The molecule has 3 saturated heterocycles. The van der Waals surface area contributed by atoms with E-state index < -0.39 is 0 Å². The van der Waals surface area contributed by atoms with Gasteiger partial charge in [0.1, 0.15) is 0 Å².